The maximum Gasteiger partial charge on any atom is 0.316 e. The Kier molecular flexibility index (Phi) is 5.62. The Labute approximate surface area is 86.3 Å². The summed E-state index contributed by atoms with van der Waals surface area (Å²) in [6.45, 7) is 6.94. The zero-order chi connectivity index (χ0) is 10.4. The fraction of sp³-hybridized carbons (Fsp3) is 0.556. The number of ketones is 1. The van der Waals surface area contributed by atoms with E-state index in [1.807, 2.05) is 0 Å². The zero-order valence-corrected chi connectivity index (χ0v) is 9.39. The largest absolute Gasteiger partial charge is 0.465 e. The van der Waals surface area contributed by atoms with Crippen LogP contribution in [0.1, 0.15) is 20.3 Å². The summed E-state index contributed by atoms with van der Waals surface area (Å²) in [4.78, 5) is 22.2. The smallest absolute Gasteiger partial charge is 0.316 e. The highest BCUT2D eigenvalue weighted by Crippen LogP contribution is 2.17. The molecular weight excluding hydrogens is 236 g/mol. The van der Waals surface area contributed by atoms with Crippen LogP contribution in [0.5, 0.6) is 0 Å². The third-order valence-corrected chi connectivity index (χ3v) is 1.81. The quantitative estimate of drug-likeness (QED) is 0.553. The molecule has 3 nitrogen and oxygen atoms in total. The number of rotatable bonds is 5. The molecule has 0 amide bonds. The SMILES string of the molecule is C=C(Br)CC(C(C)=O)C(=O)OCC. The van der Waals surface area contributed by atoms with Gasteiger partial charge in [-0.3, -0.25) is 9.59 Å². The Morgan fingerprint density at radius 2 is 2.08 bits per heavy atom. The van der Waals surface area contributed by atoms with Crippen LogP contribution in [0, 0.1) is 5.92 Å². The summed E-state index contributed by atoms with van der Waals surface area (Å²) in [5.41, 5.74) is 0. The van der Waals surface area contributed by atoms with Crippen molar-refractivity contribution >= 4 is 27.7 Å². The Morgan fingerprint density at radius 3 is 2.38 bits per heavy atom. The number of allylic oxidation sites excluding steroid dienone is 1. The second kappa shape index (κ2) is 5.91. The number of ether oxygens (including phenoxy) is 1. The summed E-state index contributed by atoms with van der Waals surface area (Å²) in [6, 6.07) is 0. The number of carbonyl (C=O) groups excluding carboxylic acids is 2. The first-order chi connectivity index (χ1) is 5.99. The third-order valence-electron chi connectivity index (χ3n) is 1.49. The number of esters is 1. The van der Waals surface area contributed by atoms with Crippen molar-refractivity contribution in [1.82, 2.24) is 0 Å². The lowest BCUT2D eigenvalue weighted by atomic mass is 10.0. The minimum Gasteiger partial charge on any atom is -0.465 e. The molecule has 0 aliphatic heterocycles. The van der Waals surface area contributed by atoms with E-state index in [2.05, 4.69) is 22.5 Å². The molecule has 0 aromatic heterocycles. The zero-order valence-electron chi connectivity index (χ0n) is 7.80. The van der Waals surface area contributed by atoms with Gasteiger partial charge >= 0.3 is 5.97 Å². The van der Waals surface area contributed by atoms with Crippen LogP contribution in [-0.4, -0.2) is 18.4 Å². The molecule has 0 radical (unpaired) electrons. The van der Waals surface area contributed by atoms with Crippen molar-refractivity contribution in [3.8, 4) is 0 Å². The van der Waals surface area contributed by atoms with E-state index < -0.39 is 11.9 Å². The molecule has 0 bridgehead atoms. The summed E-state index contributed by atoms with van der Waals surface area (Å²) in [6.07, 6.45) is 0.300. The standard InChI is InChI=1S/C9H13BrO3/c1-4-13-9(12)8(7(3)11)5-6(2)10/h8H,2,4-5H2,1,3H3. The average Bonchev–Trinajstić information content (AvgIpc) is 1.99. The molecule has 0 N–H and O–H groups in total. The molecule has 1 atom stereocenters. The van der Waals surface area contributed by atoms with Crippen molar-refractivity contribution in [3.05, 3.63) is 11.1 Å². The lowest BCUT2D eigenvalue weighted by Crippen LogP contribution is -2.24. The van der Waals surface area contributed by atoms with Gasteiger partial charge in [0.25, 0.3) is 0 Å². The van der Waals surface area contributed by atoms with Gasteiger partial charge in [0.1, 0.15) is 11.7 Å². The van der Waals surface area contributed by atoms with Crippen LogP contribution in [0.4, 0.5) is 0 Å². The van der Waals surface area contributed by atoms with Gasteiger partial charge in [0.05, 0.1) is 6.61 Å². The predicted octanol–water partition coefficient (Wildman–Crippen LogP) is 2.05. The van der Waals surface area contributed by atoms with E-state index in [1.54, 1.807) is 6.92 Å². The molecule has 0 heterocycles. The van der Waals surface area contributed by atoms with Gasteiger partial charge in [0, 0.05) is 0 Å². The van der Waals surface area contributed by atoms with Crippen LogP contribution in [0.2, 0.25) is 0 Å². The Hall–Kier alpha value is -0.640. The molecule has 74 valence electrons. The van der Waals surface area contributed by atoms with Crippen molar-refractivity contribution in [2.45, 2.75) is 20.3 Å². The summed E-state index contributed by atoms with van der Waals surface area (Å²) in [5.74, 6) is -1.39. The molecule has 0 saturated carbocycles. The van der Waals surface area contributed by atoms with Crippen LogP contribution < -0.4 is 0 Å². The lowest BCUT2D eigenvalue weighted by molar-refractivity contribution is -0.150. The second-order valence-corrected chi connectivity index (χ2v) is 3.76. The third kappa shape index (κ3) is 4.83. The first-order valence-corrected chi connectivity index (χ1v) is 4.78. The molecule has 0 saturated heterocycles. The minimum absolute atomic E-state index is 0.195. The van der Waals surface area contributed by atoms with Crippen LogP contribution in [0.25, 0.3) is 0 Å². The van der Waals surface area contributed by atoms with Gasteiger partial charge in [0.15, 0.2) is 0 Å². The Balaban J connectivity index is 4.32. The highest BCUT2D eigenvalue weighted by atomic mass is 79.9. The van der Waals surface area contributed by atoms with Crippen molar-refractivity contribution < 1.29 is 14.3 Å². The number of hydrogen-bond acceptors (Lipinski definition) is 3. The van der Waals surface area contributed by atoms with E-state index >= 15 is 0 Å². The van der Waals surface area contributed by atoms with Gasteiger partial charge in [-0.2, -0.15) is 0 Å². The fourth-order valence-corrected chi connectivity index (χ4v) is 1.18. The summed E-state index contributed by atoms with van der Waals surface area (Å²) in [5, 5.41) is 0. The van der Waals surface area contributed by atoms with Gasteiger partial charge in [-0.15, -0.1) is 0 Å². The summed E-state index contributed by atoms with van der Waals surface area (Å²) >= 11 is 3.11. The molecule has 0 fully saturated rings. The molecule has 1 unspecified atom stereocenters. The highest BCUT2D eigenvalue weighted by Gasteiger charge is 2.24. The molecule has 0 spiro atoms. The summed E-state index contributed by atoms with van der Waals surface area (Å²) in [7, 11) is 0. The van der Waals surface area contributed by atoms with Gasteiger partial charge in [-0.05, 0) is 24.8 Å². The molecule has 0 rings (SSSR count). The van der Waals surface area contributed by atoms with E-state index in [4.69, 9.17) is 4.74 Å². The lowest BCUT2D eigenvalue weighted by Gasteiger charge is -2.11. The van der Waals surface area contributed by atoms with Crippen molar-refractivity contribution in [2.75, 3.05) is 6.61 Å². The first kappa shape index (κ1) is 12.4. The van der Waals surface area contributed by atoms with Crippen LogP contribution in [-0.2, 0) is 14.3 Å². The molecule has 0 aliphatic carbocycles. The first-order valence-electron chi connectivity index (χ1n) is 3.99. The van der Waals surface area contributed by atoms with Gasteiger partial charge in [-0.25, -0.2) is 0 Å². The molecular formula is C9H13BrO3. The van der Waals surface area contributed by atoms with Crippen LogP contribution in [0.3, 0.4) is 0 Å². The molecule has 13 heavy (non-hydrogen) atoms. The maximum atomic E-state index is 11.2. The fourth-order valence-electron chi connectivity index (χ4n) is 0.857. The average molecular weight is 249 g/mol. The monoisotopic (exact) mass is 248 g/mol. The Bertz CT molecular complexity index is 223. The normalized spacial score (nSPS) is 11.9. The number of hydrogen-bond donors (Lipinski definition) is 0. The maximum absolute atomic E-state index is 11.2. The van der Waals surface area contributed by atoms with Crippen LogP contribution >= 0.6 is 15.9 Å². The van der Waals surface area contributed by atoms with E-state index in [0.717, 1.165) is 0 Å². The number of carbonyl (C=O) groups is 2. The minimum atomic E-state index is -0.716. The molecule has 0 aromatic rings. The van der Waals surface area contributed by atoms with E-state index in [0.29, 0.717) is 10.9 Å². The van der Waals surface area contributed by atoms with E-state index in [9.17, 15) is 9.59 Å². The predicted molar refractivity (Wildman–Crippen MR) is 53.5 cm³/mol. The van der Waals surface area contributed by atoms with Crippen molar-refractivity contribution in [2.24, 2.45) is 5.92 Å². The van der Waals surface area contributed by atoms with Crippen LogP contribution in [0.15, 0.2) is 11.1 Å². The number of halogens is 1. The highest BCUT2D eigenvalue weighted by molar-refractivity contribution is 9.11. The van der Waals surface area contributed by atoms with Crippen molar-refractivity contribution in [1.29, 1.82) is 0 Å². The molecule has 0 aromatic carbocycles. The van der Waals surface area contributed by atoms with Crippen molar-refractivity contribution in [3.63, 3.8) is 0 Å². The van der Waals surface area contributed by atoms with Gasteiger partial charge in [-0.1, -0.05) is 22.5 Å². The summed E-state index contributed by atoms with van der Waals surface area (Å²) < 4.78 is 5.37. The Morgan fingerprint density at radius 1 is 1.54 bits per heavy atom. The molecule has 0 aliphatic rings. The van der Waals surface area contributed by atoms with E-state index in [-0.39, 0.29) is 12.4 Å². The second-order valence-electron chi connectivity index (χ2n) is 2.64. The van der Waals surface area contributed by atoms with Gasteiger partial charge in [0.2, 0.25) is 0 Å². The topological polar surface area (TPSA) is 43.4 Å². The number of Topliss-reactive ketones (excluding diaryl/α,β-unsaturated/α-hetero) is 1. The van der Waals surface area contributed by atoms with Gasteiger partial charge < -0.3 is 4.74 Å². The van der Waals surface area contributed by atoms with E-state index in [1.165, 1.54) is 6.92 Å². The molecule has 4 heteroatoms.